The van der Waals surface area contributed by atoms with Gasteiger partial charge in [-0.05, 0) is 71.5 Å². The standard InChI is InChI=1S/C32H38F3N5O7S/c1-18(2)45-21-9-7-19(8-10-21)14-40-25-11-22(27-37-28(47-38-27)20-13-32(34,35)17-39(6)15-20)23(33)12-26(25)48(43,44)16-24(29(40)41)36-30(42)46-31(3,4)5/h7-12,18,20,24H,13-17H2,1-6H3,(H,36,42)/t20?,24-/m0/s1. The van der Waals surface area contributed by atoms with Crippen molar-refractivity contribution >= 4 is 27.5 Å². The molecule has 12 nitrogen and oxygen atoms in total. The number of anilines is 1. The summed E-state index contributed by atoms with van der Waals surface area (Å²) in [6.07, 6.45) is -1.64. The quantitative estimate of drug-likeness (QED) is 0.362. The van der Waals surface area contributed by atoms with Crippen molar-refractivity contribution in [1.82, 2.24) is 20.4 Å². The second kappa shape index (κ2) is 13.0. The number of rotatable bonds is 7. The Morgan fingerprint density at radius 1 is 1.19 bits per heavy atom. The first-order valence-corrected chi connectivity index (χ1v) is 17.0. The Bertz CT molecular complexity index is 1790. The van der Waals surface area contributed by atoms with E-state index in [1.165, 1.54) is 11.9 Å². The van der Waals surface area contributed by atoms with Crippen molar-refractivity contribution in [2.24, 2.45) is 0 Å². The van der Waals surface area contributed by atoms with Crippen LogP contribution in [0.15, 0.2) is 45.8 Å². The number of likely N-dealkylation sites (N-methyl/N-ethyl adjacent to an activating group) is 1. The Morgan fingerprint density at radius 3 is 2.50 bits per heavy atom. The van der Waals surface area contributed by atoms with Crippen LogP contribution in [0.1, 0.15) is 58.4 Å². The molecule has 2 aliphatic heterocycles. The van der Waals surface area contributed by atoms with Crippen LogP contribution in [-0.2, 0) is 25.9 Å². The van der Waals surface area contributed by atoms with Crippen LogP contribution < -0.4 is 15.0 Å². The predicted octanol–water partition coefficient (Wildman–Crippen LogP) is 4.93. The fourth-order valence-electron chi connectivity index (χ4n) is 5.71. The highest BCUT2D eigenvalue weighted by Gasteiger charge is 2.43. The summed E-state index contributed by atoms with van der Waals surface area (Å²) in [5.41, 5.74) is -0.880. The van der Waals surface area contributed by atoms with Gasteiger partial charge in [0.1, 0.15) is 23.2 Å². The van der Waals surface area contributed by atoms with Crippen molar-refractivity contribution in [3.8, 4) is 17.1 Å². The molecule has 1 N–H and O–H groups in total. The minimum Gasteiger partial charge on any atom is -0.491 e. The molecule has 48 heavy (non-hydrogen) atoms. The van der Waals surface area contributed by atoms with Crippen molar-refractivity contribution < 1.29 is 45.2 Å². The van der Waals surface area contributed by atoms with Crippen LogP contribution in [0.25, 0.3) is 11.4 Å². The fourth-order valence-corrected chi connectivity index (χ4v) is 7.32. The third kappa shape index (κ3) is 8.09. The van der Waals surface area contributed by atoms with Gasteiger partial charge in [-0.1, -0.05) is 17.3 Å². The maximum atomic E-state index is 15.7. The van der Waals surface area contributed by atoms with E-state index in [0.717, 1.165) is 17.0 Å². The molecule has 0 spiro atoms. The van der Waals surface area contributed by atoms with Gasteiger partial charge < -0.3 is 24.2 Å². The van der Waals surface area contributed by atoms with Gasteiger partial charge in [0, 0.05) is 13.0 Å². The molecule has 2 aliphatic rings. The highest BCUT2D eigenvalue weighted by atomic mass is 32.2. The smallest absolute Gasteiger partial charge is 0.408 e. The topological polar surface area (TPSA) is 144 Å². The molecule has 2 amide bonds. The van der Waals surface area contributed by atoms with E-state index in [2.05, 4.69) is 15.5 Å². The van der Waals surface area contributed by atoms with Crippen LogP contribution in [0.2, 0.25) is 0 Å². The van der Waals surface area contributed by atoms with Gasteiger partial charge in [-0.2, -0.15) is 4.98 Å². The van der Waals surface area contributed by atoms with Crippen LogP contribution in [0.4, 0.5) is 23.7 Å². The molecule has 0 bridgehead atoms. The number of nitrogens with one attached hydrogen (secondary N) is 1. The number of hydrogen-bond donors (Lipinski definition) is 1. The third-order valence-electron chi connectivity index (χ3n) is 7.56. The number of halogens is 3. The highest BCUT2D eigenvalue weighted by Crippen LogP contribution is 2.39. The fraction of sp³-hybridized carbons (Fsp3) is 0.500. The van der Waals surface area contributed by atoms with Gasteiger partial charge in [0.15, 0.2) is 9.84 Å². The van der Waals surface area contributed by atoms with E-state index in [1.807, 2.05) is 13.8 Å². The molecule has 1 aromatic heterocycles. The molecular formula is C32H38F3N5O7S. The summed E-state index contributed by atoms with van der Waals surface area (Å²) in [6, 6.07) is 7.04. The van der Waals surface area contributed by atoms with Crippen LogP contribution in [0.5, 0.6) is 5.75 Å². The van der Waals surface area contributed by atoms with E-state index in [9.17, 15) is 26.8 Å². The van der Waals surface area contributed by atoms with E-state index < -0.39 is 74.8 Å². The number of carbonyl (C=O) groups excluding carboxylic acids is 2. The Hall–Kier alpha value is -4.18. The number of aromatic nitrogens is 2. The number of carbonyl (C=O) groups is 2. The first-order valence-electron chi connectivity index (χ1n) is 15.3. The summed E-state index contributed by atoms with van der Waals surface area (Å²) in [5.74, 6) is -6.41. The van der Waals surface area contributed by atoms with Gasteiger partial charge in [0.05, 0.1) is 47.0 Å². The molecule has 1 saturated heterocycles. The maximum absolute atomic E-state index is 15.7. The second-order valence-electron chi connectivity index (χ2n) is 13.4. The second-order valence-corrected chi connectivity index (χ2v) is 15.4. The van der Waals surface area contributed by atoms with E-state index in [1.54, 1.807) is 45.0 Å². The summed E-state index contributed by atoms with van der Waals surface area (Å²) in [7, 11) is -2.86. The number of piperidine rings is 1. The largest absolute Gasteiger partial charge is 0.491 e. The Balaban J connectivity index is 1.56. The Kier molecular flexibility index (Phi) is 9.54. The van der Waals surface area contributed by atoms with Crippen LogP contribution >= 0.6 is 0 Å². The van der Waals surface area contributed by atoms with Crippen LogP contribution in [-0.4, -0.2) is 85.0 Å². The lowest BCUT2D eigenvalue weighted by Crippen LogP contribution is -2.51. The van der Waals surface area contributed by atoms with Crippen molar-refractivity contribution in [3.05, 3.63) is 53.7 Å². The van der Waals surface area contributed by atoms with Gasteiger partial charge in [0.25, 0.3) is 11.8 Å². The number of alkyl carbamates (subject to hydrolysis) is 1. The molecule has 0 aliphatic carbocycles. The van der Waals surface area contributed by atoms with E-state index >= 15 is 4.39 Å². The zero-order valence-corrected chi connectivity index (χ0v) is 28.2. The van der Waals surface area contributed by atoms with Gasteiger partial charge in [-0.25, -0.2) is 26.4 Å². The molecule has 3 aromatic rings. The maximum Gasteiger partial charge on any atom is 0.408 e. The average Bonchev–Trinajstić information content (AvgIpc) is 3.42. The lowest BCUT2D eigenvalue weighted by atomic mass is 9.95. The number of nitrogens with zero attached hydrogens (tertiary/aromatic N) is 4. The molecule has 5 rings (SSSR count). The lowest BCUT2D eigenvalue weighted by molar-refractivity contribution is -0.120. The zero-order valence-electron chi connectivity index (χ0n) is 27.4. The molecule has 2 atom stereocenters. The van der Waals surface area contributed by atoms with Gasteiger partial charge >= 0.3 is 6.09 Å². The minimum absolute atomic E-state index is 0.0886. The van der Waals surface area contributed by atoms with Crippen molar-refractivity contribution in [2.45, 2.75) is 82.1 Å². The zero-order chi connectivity index (χ0) is 35.2. The number of sulfone groups is 1. The molecule has 1 fully saturated rings. The average molecular weight is 694 g/mol. The predicted molar refractivity (Wildman–Crippen MR) is 168 cm³/mol. The first kappa shape index (κ1) is 35.1. The molecule has 2 aromatic carbocycles. The summed E-state index contributed by atoms with van der Waals surface area (Å²) in [4.78, 5) is 33.1. The summed E-state index contributed by atoms with van der Waals surface area (Å²) < 4.78 is 87.9. The molecule has 16 heteroatoms. The molecule has 1 unspecified atom stereocenters. The number of hydrogen-bond acceptors (Lipinski definition) is 10. The molecule has 3 heterocycles. The molecule has 260 valence electrons. The number of amides is 2. The molecule has 0 saturated carbocycles. The van der Waals surface area contributed by atoms with Crippen LogP contribution in [0, 0.1) is 5.82 Å². The minimum atomic E-state index is -4.39. The van der Waals surface area contributed by atoms with Crippen molar-refractivity contribution in [1.29, 1.82) is 0 Å². The third-order valence-corrected chi connectivity index (χ3v) is 9.33. The monoisotopic (exact) mass is 693 g/mol. The molecule has 0 radical (unpaired) electrons. The van der Waals surface area contributed by atoms with Crippen molar-refractivity contribution in [2.75, 3.05) is 30.8 Å². The van der Waals surface area contributed by atoms with E-state index in [4.69, 9.17) is 14.0 Å². The van der Waals surface area contributed by atoms with Crippen molar-refractivity contribution in [3.63, 3.8) is 0 Å². The summed E-state index contributed by atoms with van der Waals surface area (Å²) in [5, 5.41) is 6.19. The molecular weight excluding hydrogens is 655 g/mol. The number of alkyl halides is 2. The normalized spacial score (nSPS) is 21.0. The number of ether oxygens (including phenoxy) is 2. The highest BCUT2D eigenvalue weighted by molar-refractivity contribution is 7.91. The summed E-state index contributed by atoms with van der Waals surface area (Å²) in [6.45, 7) is 8.16. The van der Waals surface area contributed by atoms with Gasteiger partial charge in [-0.15, -0.1) is 0 Å². The van der Waals surface area contributed by atoms with E-state index in [-0.39, 0.29) is 42.2 Å². The number of benzene rings is 2. The SMILES string of the molecule is CC(C)Oc1ccc(CN2C(=O)[C@@H](NC(=O)OC(C)(C)C)CS(=O)(=O)c3cc(F)c(-c4noc(C5CN(C)CC(F)(F)C5)n4)cc32)cc1. The van der Waals surface area contributed by atoms with Gasteiger partial charge in [0.2, 0.25) is 11.7 Å². The Morgan fingerprint density at radius 2 is 1.88 bits per heavy atom. The van der Waals surface area contributed by atoms with E-state index in [0.29, 0.717) is 11.3 Å². The number of fused-ring (bicyclic) bond motifs is 1. The van der Waals surface area contributed by atoms with Gasteiger partial charge in [-0.3, -0.25) is 9.69 Å². The van der Waals surface area contributed by atoms with Crippen LogP contribution in [0.3, 0.4) is 0 Å². The summed E-state index contributed by atoms with van der Waals surface area (Å²) >= 11 is 0. The first-order chi connectivity index (χ1) is 22.3. The Labute approximate surface area is 276 Å². The lowest BCUT2D eigenvalue weighted by Gasteiger charge is -2.33. The number of likely N-dealkylation sites (tertiary alicyclic amines) is 1.